The molecule has 2 aliphatic heterocycles. The fourth-order valence-electron chi connectivity index (χ4n) is 3.91. The highest BCUT2D eigenvalue weighted by Gasteiger charge is 2.32. The lowest BCUT2D eigenvalue weighted by Crippen LogP contribution is -2.43. The normalized spacial score (nSPS) is 23.1. The molecule has 144 valence electrons. The van der Waals surface area contributed by atoms with E-state index in [-0.39, 0.29) is 24.2 Å². The molecule has 4 heterocycles. The monoisotopic (exact) mass is 389 g/mol. The topological polar surface area (TPSA) is 83.1 Å². The van der Waals surface area contributed by atoms with Gasteiger partial charge >= 0.3 is 0 Å². The Bertz CT molecular complexity index is 831. The van der Waals surface area contributed by atoms with Crippen molar-refractivity contribution in [2.75, 3.05) is 18.4 Å². The molecule has 7 nitrogen and oxygen atoms in total. The number of amides is 1. The summed E-state index contributed by atoms with van der Waals surface area (Å²) in [5, 5.41) is 11.3. The third-order valence-corrected chi connectivity index (χ3v) is 5.62. The second kappa shape index (κ2) is 7.48. The molecule has 2 N–H and O–H groups in total. The van der Waals surface area contributed by atoms with Gasteiger partial charge in [0.15, 0.2) is 5.69 Å². The maximum Gasteiger partial charge on any atom is 0.274 e. The maximum atomic E-state index is 13.0. The van der Waals surface area contributed by atoms with Crippen LogP contribution in [0.25, 0.3) is 0 Å². The number of hydrogen-bond donors (Lipinski definition) is 2. The number of halogens is 1. The number of nitrogens with zero attached hydrogens (tertiary/aromatic N) is 3. The number of H-pyrrole nitrogens is 1. The van der Waals surface area contributed by atoms with E-state index in [1.54, 1.807) is 6.20 Å². The molecular weight excluding hydrogens is 366 g/mol. The number of carbonyl (C=O) groups excluding carboxylic acids is 1. The number of piperidine rings is 1. The molecule has 1 saturated heterocycles. The molecule has 0 bridgehead atoms. The van der Waals surface area contributed by atoms with Crippen molar-refractivity contribution in [2.24, 2.45) is 0 Å². The standard InChI is InChI=1S/C19H24ClN5O2/c1-11-10-14-16(12(2)27-11)23-24-17(14)19(26)25-8-5-13(6-9-25)22-18-15(20)4-3-7-21-18/h3-4,7,11-13H,5-6,8-10H2,1-2H3,(H,21,22)(H,23,24)/t11-,12+/m1/s1. The van der Waals surface area contributed by atoms with Crippen LogP contribution in [-0.4, -0.2) is 51.2 Å². The molecule has 0 saturated carbocycles. The van der Waals surface area contributed by atoms with Crippen molar-refractivity contribution < 1.29 is 9.53 Å². The van der Waals surface area contributed by atoms with Gasteiger partial charge in [0.05, 0.1) is 22.9 Å². The highest BCUT2D eigenvalue weighted by atomic mass is 35.5. The first-order valence-corrected chi connectivity index (χ1v) is 9.79. The minimum atomic E-state index is -0.0594. The second-order valence-electron chi connectivity index (χ2n) is 7.30. The van der Waals surface area contributed by atoms with Crippen molar-refractivity contribution in [1.29, 1.82) is 0 Å². The number of anilines is 1. The van der Waals surface area contributed by atoms with Crippen LogP contribution in [0.4, 0.5) is 5.82 Å². The molecule has 4 rings (SSSR count). The number of fused-ring (bicyclic) bond motifs is 1. The van der Waals surface area contributed by atoms with Gasteiger partial charge in [-0.2, -0.15) is 5.10 Å². The molecule has 0 unspecified atom stereocenters. The Morgan fingerprint density at radius 2 is 2.15 bits per heavy atom. The summed E-state index contributed by atoms with van der Waals surface area (Å²) in [4.78, 5) is 19.2. The van der Waals surface area contributed by atoms with Crippen LogP contribution < -0.4 is 5.32 Å². The van der Waals surface area contributed by atoms with E-state index in [1.807, 2.05) is 30.9 Å². The van der Waals surface area contributed by atoms with E-state index in [2.05, 4.69) is 20.5 Å². The predicted molar refractivity (Wildman–Crippen MR) is 103 cm³/mol. The summed E-state index contributed by atoms with van der Waals surface area (Å²) in [5.41, 5.74) is 2.48. The molecule has 2 aromatic rings. The Kier molecular flexibility index (Phi) is 5.06. The zero-order valence-electron chi connectivity index (χ0n) is 15.5. The molecule has 1 amide bonds. The zero-order chi connectivity index (χ0) is 19.0. The molecule has 8 heteroatoms. The van der Waals surface area contributed by atoms with Crippen LogP contribution in [0.5, 0.6) is 0 Å². The molecule has 2 atom stereocenters. The van der Waals surface area contributed by atoms with Crippen LogP contribution in [0.1, 0.15) is 54.5 Å². The smallest absolute Gasteiger partial charge is 0.274 e. The van der Waals surface area contributed by atoms with Gasteiger partial charge in [-0.1, -0.05) is 11.6 Å². The van der Waals surface area contributed by atoms with Gasteiger partial charge in [0, 0.05) is 37.3 Å². The quantitative estimate of drug-likeness (QED) is 0.842. The first kappa shape index (κ1) is 18.3. The number of carbonyl (C=O) groups is 1. The summed E-state index contributed by atoms with van der Waals surface area (Å²) >= 11 is 6.17. The lowest BCUT2D eigenvalue weighted by atomic mass is 9.98. The van der Waals surface area contributed by atoms with E-state index < -0.39 is 0 Å². The van der Waals surface area contributed by atoms with E-state index in [4.69, 9.17) is 16.3 Å². The van der Waals surface area contributed by atoms with Crippen LogP contribution in [0.15, 0.2) is 18.3 Å². The van der Waals surface area contributed by atoms with Gasteiger partial charge in [0.25, 0.3) is 5.91 Å². The fraction of sp³-hybridized carbons (Fsp3) is 0.526. The minimum Gasteiger partial charge on any atom is -0.369 e. The Balaban J connectivity index is 1.40. The SMILES string of the molecule is C[C@@H]1Cc2c(C(=O)N3CCC(Nc4ncccc4Cl)CC3)n[nH]c2[C@H](C)O1. The van der Waals surface area contributed by atoms with Gasteiger partial charge < -0.3 is 15.0 Å². The lowest BCUT2D eigenvalue weighted by Gasteiger charge is -2.33. The molecule has 2 aliphatic rings. The molecule has 0 aromatic carbocycles. The van der Waals surface area contributed by atoms with E-state index in [0.29, 0.717) is 36.0 Å². The first-order valence-electron chi connectivity index (χ1n) is 9.42. The molecule has 0 radical (unpaired) electrons. The minimum absolute atomic E-state index is 0.00289. The predicted octanol–water partition coefficient (Wildman–Crippen LogP) is 3.20. The van der Waals surface area contributed by atoms with Gasteiger partial charge in [0.2, 0.25) is 0 Å². The van der Waals surface area contributed by atoms with E-state index in [0.717, 1.165) is 24.1 Å². The Labute approximate surface area is 163 Å². The summed E-state index contributed by atoms with van der Waals surface area (Å²) in [6.07, 6.45) is 4.17. The number of aromatic amines is 1. The number of ether oxygens (including phenoxy) is 1. The highest BCUT2D eigenvalue weighted by molar-refractivity contribution is 6.32. The number of pyridine rings is 1. The van der Waals surface area contributed by atoms with Crippen molar-refractivity contribution in [2.45, 2.75) is 51.4 Å². The van der Waals surface area contributed by atoms with E-state index in [1.165, 1.54) is 0 Å². The Morgan fingerprint density at radius 3 is 2.89 bits per heavy atom. The van der Waals surface area contributed by atoms with Crippen LogP contribution in [0, 0.1) is 0 Å². The third kappa shape index (κ3) is 3.66. The second-order valence-corrected chi connectivity index (χ2v) is 7.71. The molecule has 1 fully saturated rings. The number of aromatic nitrogens is 3. The van der Waals surface area contributed by atoms with Crippen LogP contribution in [0.3, 0.4) is 0 Å². The van der Waals surface area contributed by atoms with Crippen molar-refractivity contribution in [3.05, 3.63) is 40.3 Å². The largest absolute Gasteiger partial charge is 0.369 e. The highest BCUT2D eigenvalue weighted by Crippen LogP contribution is 2.31. The van der Waals surface area contributed by atoms with Crippen LogP contribution >= 0.6 is 11.6 Å². The first-order chi connectivity index (χ1) is 13.0. The number of hydrogen-bond acceptors (Lipinski definition) is 5. The molecule has 2 aromatic heterocycles. The van der Waals surface area contributed by atoms with Gasteiger partial charge in [-0.3, -0.25) is 9.89 Å². The van der Waals surface area contributed by atoms with Gasteiger partial charge in [0.1, 0.15) is 5.82 Å². The van der Waals surface area contributed by atoms with Gasteiger partial charge in [-0.25, -0.2) is 4.98 Å². The van der Waals surface area contributed by atoms with Crippen molar-refractivity contribution >= 4 is 23.3 Å². The Hall–Kier alpha value is -2.12. The number of likely N-dealkylation sites (tertiary alicyclic amines) is 1. The maximum absolute atomic E-state index is 13.0. The van der Waals surface area contributed by atoms with Crippen molar-refractivity contribution in [3.8, 4) is 0 Å². The third-order valence-electron chi connectivity index (χ3n) is 5.32. The number of nitrogens with one attached hydrogen (secondary N) is 2. The van der Waals surface area contributed by atoms with E-state index in [9.17, 15) is 4.79 Å². The zero-order valence-corrected chi connectivity index (χ0v) is 16.3. The molecular formula is C19H24ClN5O2. The van der Waals surface area contributed by atoms with Crippen molar-refractivity contribution in [3.63, 3.8) is 0 Å². The van der Waals surface area contributed by atoms with Crippen molar-refractivity contribution in [1.82, 2.24) is 20.1 Å². The summed E-state index contributed by atoms with van der Waals surface area (Å²) in [6, 6.07) is 3.89. The molecule has 27 heavy (non-hydrogen) atoms. The lowest BCUT2D eigenvalue weighted by molar-refractivity contribution is -0.00702. The van der Waals surface area contributed by atoms with E-state index >= 15 is 0 Å². The fourth-order valence-corrected chi connectivity index (χ4v) is 4.09. The summed E-state index contributed by atoms with van der Waals surface area (Å²) in [6.45, 7) is 5.38. The van der Waals surface area contributed by atoms with Crippen LogP contribution in [-0.2, 0) is 11.2 Å². The Morgan fingerprint density at radius 1 is 1.37 bits per heavy atom. The summed E-state index contributed by atoms with van der Waals surface area (Å²) in [5.74, 6) is 0.705. The summed E-state index contributed by atoms with van der Waals surface area (Å²) in [7, 11) is 0. The summed E-state index contributed by atoms with van der Waals surface area (Å²) < 4.78 is 5.81. The van der Waals surface area contributed by atoms with Gasteiger partial charge in [-0.05, 0) is 38.8 Å². The molecule has 0 spiro atoms. The van der Waals surface area contributed by atoms with Gasteiger partial charge in [-0.15, -0.1) is 0 Å². The van der Waals surface area contributed by atoms with Crippen LogP contribution in [0.2, 0.25) is 5.02 Å². The number of rotatable bonds is 3. The average Bonchev–Trinajstić information content (AvgIpc) is 3.08. The molecule has 0 aliphatic carbocycles. The average molecular weight is 390 g/mol.